The van der Waals surface area contributed by atoms with Crippen LogP contribution in [-0.2, 0) is 19.1 Å². The second-order valence-electron chi connectivity index (χ2n) is 7.89. The average Bonchev–Trinajstić information content (AvgIpc) is 2.61. The van der Waals surface area contributed by atoms with Crippen LogP contribution in [0.1, 0.15) is 111 Å². The molecular formula is C23H44O4. The highest BCUT2D eigenvalue weighted by Gasteiger charge is 2.17. The van der Waals surface area contributed by atoms with Gasteiger partial charge in [0, 0.05) is 12.8 Å². The van der Waals surface area contributed by atoms with Crippen LogP contribution in [0, 0.1) is 11.8 Å². The normalized spacial score (nSPS) is 12.2. The molecule has 0 N–H and O–H groups in total. The number of rotatable bonds is 18. The number of carbonyl (C=O) groups is 2. The van der Waals surface area contributed by atoms with E-state index in [4.69, 9.17) is 9.47 Å². The van der Waals surface area contributed by atoms with Crippen LogP contribution in [0.2, 0.25) is 0 Å². The van der Waals surface area contributed by atoms with Crippen molar-refractivity contribution < 1.29 is 19.1 Å². The van der Waals surface area contributed by atoms with Crippen molar-refractivity contribution in [1.82, 2.24) is 0 Å². The molecule has 0 aliphatic heterocycles. The Morgan fingerprint density at radius 1 is 0.667 bits per heavy atom. The lowest BCUT2D eigenvalue weighted by Gasteiger charge is -2.19. The molecule has 4 heteroatoms. The molecule has 27 heavy (non-hydrogen) atoms. The molecule has 0 radical (unpaired) electrons. The fourth-order valence-corrected chi connectivity index (χ4v) is 3.43. The topological polar surface area (TPSA) is 52.6 Å². The molecule has 0 aliphatic rings. The third kappa shape index (κ3) is 16.8. The maximum absolute atomic E-state index is 11.7. The Kier molecular flexibility index (Phi) is 17.6. The van der Waals surface area contributed by atoms with Crippen LogP contribution in [0.5, 0.6) is 0 Å². The molecule has 0 fully saturated rings. The molecule has 0 rings (SSSR count). The number of hydrogen-bond donors (Lipinski definition) is 0. The Labute approximate surface area is 167 Å². The molecular weight excluding hydrogens is 340 g/mol. The molecule has 0 aromatic carbocycles. The zero-order valence-electron chi connectivity index (χ0n) is 18.4. The standard InChI is InChI=1S/C23H44O4/c1-5-26-22(24)18-16-14-12-10-8-7-9-11-13-15-17-21(20(3)4)19-23(25)27-6-2/h20-21H,5-19H2,1-4H3. The molecule has 0 saturated carbocycles. The highest BCUT2D eigenvalue weighted by Crippen LogP contribution is 2.23. The van der Waals surface area contributed by atoms with Gasteiger partial charge in [-0.05, 0) is 38.5 Å². The summed E-state index contributed by atoms with van der Waals surface area (Å²) in [6.45, 7) is 9.10. The lowest BCUT2D eigenvalue weighted by atomic mass is 9.87. The molecule has 0 spiro atoms. The molecule has 0 saturated heterocycles. The van der Waals surface area contributed by atoms with Crippen LogP contribution in [0.4, 0.5) is 0 Å². The molecule has 0 bridgehead atoms. The fourth-order valence-electron chi connectivity index (χ4n) is 3.43. The minimum Gasteiger partial charge on any atom is -0.466 e. The van der Waals surface area contributed by atoms with Crippen molar-refractivity contribution >= 4 is 11.9 Å². The number of hydrogen-bond acceptors (Lipinski definition) is 4. The number of unbranched alkanes of at least 4 members (excludes halogenated alkanes) is 9. The largest absolute Gasteiger partial charge is 0.466 e. The van der Waals surface area contributed by atoms with Crippen molar-refractivity contribution in [3.63, 3.8) is 0 Å². The number of esters is 2. The van der Waals surface area contributed by atoms with Gasteiger partial charge in [-0.2, -0.15) is 0 Å². The lowest BCUT2D eigenvalue weighted by molar-refractivity contribution is -0.145. The Morgan fingerprint density at radius 3 is 1.59 bits per heavy atom. The average molecular weight is 385 g/mol. The van der Waals surface area contributed by atoms with Gasteiger partial charge >= 0.3 is 11.9 Å². The van der Waals surface area contributed by atoms with Crippen molar-refractivity contribution in [2.45, 2.75) is 111 Å². The zero-order chi connectivity index (χ0) is 20.3. The van der Waals surface area contributed by atoms with Crippen molar-refractivity contribution in [3.05, 3.63) is 0 Å². The van der Waals surface area contributed by atoms with Crippen molar-refractivity contribution in [1.29, 1.82) is 0 Å². The molecule has 0 aromatic rings. The molecule has 1 unspecified atom stereocenters. The van der Waals surface area contributed by atoms with E-state index in [1.165, 1.54) is 51.4 Å². The van der Waals surface area contributed by atoms with E-state index in [1.807, 2.05) is 13.8 Å². The SMILES string of the molecule is CCOC(=O)CCCCCCCCCCCCC(CC(=O)OCC)C(C)C. The Bertz CT molecular complexity index is 365. The Morgan fingerprint density at radius 2 is 1.11 bits per heavy atom. The minimum atomic E-state index is -0.0561. The molecule has 0 heterocycles. The second kappa shape index (κ2) is 18.3. The maximum atomic E-state index is 11.7. The summed E-state index contributed by atoms with van der Waals surface area (Å²) < 4.78 is 10.0. The fraction of sp³-hybridized carbons (Fsp3) is 0.913. The quantitative estimate of drug-likeness (QED) is 0.201. The van der Waals surface area contributed by atoms with Gasteiger partial charge in [0.2, 0.25) is 0 Å². The molecule has 160 valence electrons. The second-order valence-corrected chi connectivity index (χ2v) is 7.89. The summed E-state index contributed by atoms with van der Waals surface area (Å²) in [5.41, 5.74) is 0. The first-order valence-corrected chi connectivity index (χ1v) is 11.3. The summed E-state index contributed by atoms with van der Waals surface area (Å²) in [5.74, 6) is 0.898. The van der Waals surface area contributed by atoms with Crippen LogP contribution in [0.25, 0.3) is 0 Å². The van der Waals surface area contributed by atoms with Gasteiger partial charge in [-0.1, -0.05) is 71.6 Å². The third-order valence-corrected chi connectivity index (χ3v) is 5.19. The smallest absolute Gasteiger partial charge is 0.306 e. The molecule has 0 aromatic heterocycles. The summed E-state index contributed by atoms with van der Waals surface area (Å²) in [6.07, 6.45) is 14.6. The van der Waals surface area contributed by atoms with Gasteiger partial charge in [0.05, 0.1) is 13.2 Å². The lowest BCUT2D eigenvalue weighted by Crippen LogP contribution is -2.16. The minimum absolute atomic E-state index is 0.0431. The van der Waals surface area contributed by atoms with Crippen molar-refractivity contribution in [3.8, 4) is 0 Å². The predicted molar refractivity (Wildman–Crippen MR) is 112 cm³/mol. The first-order valence-electron chi connectivity index (χ1n) is 11.3. The van der Waals surface area contributed by atoms with Gasteiger partial charge in [-0.3, -0.25) is 9.59 Å². The predicted octanol–water partition coefficient (Wildman–Crippen LogP) is 6.46. The monoisotopic (exact) mass is 384 g/mol. The van der Waals surface area contributed by atoms with E-state index in [0.29, 0.717) is 37.9 Å². The van der Waals surface area contributed by atoms with Crippen LogP contribution in [0.3, 0.4) is 0 Å². The van der Waals surface area contributed by atoms with E-state index >= 15 is 0 Å². The summed E-state index contributed by atoms with van der Waals surface area (Å²) in [4.78, 5) is 22.9. The van der Waals surface area contributed by atoms with Gasteiger partial charge in [0.1, 0.15) is 0 Å². The first kappa shape index (κ1) is 25.9. The van der Waals surface area contributed by atoms with E-state index in [-0.39, 0.29) is 11.9 Å². The molecule has 4 nitrogen and oxygen atoms in total. The van der Waals surface area contributed by atoms with Crippen molar-refractivity contribution in [2.24, 2.45) is 11.8 Å². The van der Waals surface area contributed by atoms with Crippen LogP contribution < -0.4 is 0 Å². The zero-order valence-corrected chi connectivity index (χ0v) is 18.4. The summed E-state index contributed by atoms with van der Waals surface area (Å²) in [7, 11) is 0. The summed E-state index contributed by atoms with van der Waals surface area (Å²) >= 11 is 0. The van der Waals surface area contributed by atoms with Crippen LogP contribution >= 0.6 is 0 Å². The molecule has 1 atom stereocenters. The van der Waals surface area contributed by atoms with E-state index in [9.17, 15) is 9.59 Å². The first-order chi connectivity index (χ1) is 13.0. The van der Waals surface area contributed by atoms with E-state index in [1.54, 1.807) is 0 Å². The van der Waals surface area contributed by atoms with Gasteiger partial charge < -0.3 is 9.47 Å². The highest BCUT2D eigenvalue weighted by molar-refractivity contribution is 5.69. The van der Waals surface area contributed by atoms with Crippen LogP contribution in [-0.4, -0.2) is 25.2 Å². The number of carbonyl (C=O) groups excluding carboxylic acids is 2. The summed E-state index contributed by atoms with van der Waals surface area (Å²) in [6, 6.07) is 0. The number of ether oxygens (including phenoxy) is 2. The van der Waals surface area contributed by atoms with Gasteiger partial charge in [0.25, 0.3) is 0 Å². The van der Waals surface area contributed by atoms with E-state index in [0.717, 1.165) is 19.3 Å². The Balaban J connectivity index is 3.47. The molecule has 0 aliphatic carbocycles. The van der Waals surface area contributed by atoms with Crippen LogP contribution in [0.15, 0.2) is 0 Å². The van der Waals surface area contributed by atoms with Gasteiger partial charge in [0.15, 0.2) is 0 Å². The maximum Gasteiger partial charge on any atom is 0.306 e. The van der Waals surface area contributed by atoms with Gasteiger partial charge in [-0.25, -0.2) is 0 Å². The van der Waals surface area contributed by atoms with E-state index in [2.05, 4.69) is 13.8 Å². The highest BCUT2D eigenvalue weighted by atomic mass is 16.5. The van der Waals surface area contributed by atoms with E-state index < -0.39 is 0 Å². The summed E-state index contributed by atoms with van der Waals surface area (Å²) in [5, 5.41) is 0. The molecule has 0 amide bonds. The van der Waals surface area contributed by atoms with Gasteiger partial charge in [-0.15, -0.1) is 0 Å². The third-order valence-electron chi connectivity index (χ3n) is 5.19. The Hall–Kier alpha value is -1.06. The van der Waals surface area contributed by atoms with Crippen molar-refractivity contribution in [2.75, 3.05) is 13.2 Å².